The van der Waals surface area contributed by atoms with Crippen molar-refractivity contribution in [3.05, 3.63) is 66.2 Å². The maximum atomic E-state index is 13.2. The highest BCUT2D eigenvalue weighted by Gasteiger charge is 2.14. The summed E-state index contributed by atoms with van der Waals surface area (Å²) in [6.45, 7) is 0. The Balaban J connectivity index is 1.39. The Bertz CT molecular complexity index is 1040. The number of benzene rings is 2. The van der Waals surface area contributed by atoms with Gasteiger partial charge in [-0.05, 0) is 30.3 Å². The summed E-state index contributed by atoms with van der Waals surface area (Å²) >= 11 is 2.59. The molecule has 2 aromatic heterocycles. The molecule has 0 spiro atoms. The topological polar surface area (TPSA) is 68.0 Å². The summed E-state index contributed by atoms with van der Waals surface area (Å²) in [4.78, 5) is 12.3. The maximum absolute atomic E-state index is 13.2. The van der Waals surface area contributed by atoms with E-state index in [0.29, 0.717) is 26.5 Å². The van der Waals surface area contributed by atoms with Crippen LogP contribution in [-0.4, -0.2) is 21.7 Å². The van der Waals surface area contributed by atoms with Crippen LogP contribution in [0.2, 0.25) is 0 Å². The Hall–Kier alpha value is -2.71. The van der Waals surface area contributed by atoms with Crippen molar-refractivity contribution in [2.75, 3.05) is 11.1 Å². The van der Waals surface area contributed by atoms with Gasteiger partial charge in [0.1, 0.15) is 11.4 Å². The molecule has 0 atom stereocenters. The van der Waals surface area contributed by atoms with Crippen molar-refractivity contribution in [3.63, 3.8) is 0 Å². The number of thioether (sulfide) groups is 1. The van der Waals surface area contributed by atoms with Crippen LogP contribution in [-0.2, 0) is 0 Å². The first-order valence-electron chi connectivity index (χ1n) is 7.68. The molecule has 0 aliphatic rings. The van der Waals surface area contributed by atoms with E-state index in [1.54, 1.807) is 18.2 Å². The van der Waals surface area contributed by atoms with Gasteiger partial charge < -0.3 is 9.73 Å². The third kappa shape index (κ3) is 3.76. The van der Waals surface area contributed by atoms with Crippen LogP contribution in [0.15, 0.2) is 63.4 Å². The summed E-state index contributed by atoms with van der Waals surface area (Å²) in [6, 6.07) is 15.3. The largest absolute Gasteiger partial charge is 0.453 e. The molecule has 0 unspecified atom stereocenters. The zero-order valence-electron chi connectivity index (χ0n) is 13.3. The molecule has 5 nitrogen and oxygen atoms in total. The molecule has 2 aromatic carbocycles. The van der Waals surface area contributed by atoms with Crippen molar-refractivity contribution in [2.24, 2.45) is 0 Å². The number of halogens is 1. The van der Waals surface area contributed by atoms with Crippen LogP contribution in [0.3, 0.4) is 0 Å². The average molecular weight is 385 g/mol. The number of aromatic nitrogens is 2. The van der Waals surface area contributed by atoms with Crippen molar-refractivity contribution in [3.8, 4) is 0 Å². The number of fused-ring (bicyclic) bond motifs is 1. The van der Waals surface area contributed by atoms with E-state index in [9.17, 15) is 9.18 Å². The second-order valence-corrected chi connectivity index (χ2v) is 7.57. The molecule has 4 aromatic rings. The van der Waals surface area contributed by atoms with Gasteiger partial charge in [0.25, 0.3) is 0 Å². The number of hydrogen-bond donors (Lipinski definition) is 1. The predicted octanol–water partition coefficient (Wildman–Crippen LogP) is 5.14. The van der Waals surface area contributed by atoms with Crippen LogP contribution in [0.1, 0.15) is 10.6 Å². The Morgan fingerprint density at radius 1 is 1.15 bits per heavy atom. The minimum atomic E-state index is -0.328. The third-order valence-electron chi connectivity index (χ3n) is 3.51. The molecule has 130 valence electrons. The number of para-hydroxylation sites is 1. The number of rotatable bonds is 6. The number of furan rings is 1. The summed E-state index contributed by atoms with van der Waals surface area (Å²) in [5, 5.41) is 12.5. The lowest BCUT2D eigenvalue weighted by atomic mass is 10.2. The van der Waals surface area contributed by atoms with E-state index in [2.05, 4.69) is 15.5 Å². The van der Waals surface area contributed by atoms with Gasteiger partial charge in [-0.25, -0.2) is 4.39 Å². The van der Waals surface area contributed by atoms with Crippen LogP contribution < -0.4 is 5.32 Å². The Kier molecular flexibility index (Phi) is 4.68. The predicted molar refractivity (Wildman–Crippen MR) is 101 cm³/mol. The van der Waals surface area contributed by atoms with E-state index in [1.165, 1.54) is 35.2 Å². The van der Waals surface area contributed by atoms with Crippen LogP contribution in [0.5, 0.6) is 0 Å². The number of nitrogens with one attached hydrogen (secondary N) is 1. The van der Waals surface area contributed by atoms with E-state index in [1.807, 2.05) is 24.3 Å². The molecule has 1 N–H and O–H groups in total. The van der Waals surface area contributed by atoms with Gasteiger partial charge in [-0.15, -0.1) is 10.2 Å². The normalized spacial score (nSPS) is 11.0. The van der Waals surface area contributed by atoms with Crippen molar-refractivity contribution in [1.29, 1.82) is 0 Å². The molecule has 0 aliphatic heterocycles. The SMILES string of the molecule is O=C(CSc1nnc(Nc2cccc(F)c2)s1)c1cc2ccccc2o1. The Morgan fingerprint density at radius 3 is 2.88 bits per heavy atom. The highest BCUT2D eigenvalue weighted by molar-refractivity contribution is 8.01. The molecule has 0 radical (unpaired) electrons. The van der Waals surface area contributed by atoms with Crippen LogP contribution in [0.4, 0.5) is 15.2 Å². The second-order valence-electron chi connectivity index (χ2n) is 5.37. The lowest BCUT2D eigenvalue weighted by Crippen LogP contribution is -2.00. The van der Waals surface area contributed by atoms with Crippen molar-refractivity contribution >= 4 is 50.7 Å². The quantitative estimate of drug-likeness (QED) is 0.366. The smallest absolute Gasteiger partial charge is 0.210 e. The van der Waals surface area contributed by atoms with E-state index < -0.39 is 0 Å². The van der Waals surface area contributed by atoms with E-state index in [4.69, 9.17) is 4.42 Å². The lowest BCUT2D eigenvalue weighted by molar-refractivity contribution is 0.0994. The summed E-state index contributed by atoms with van der Waals surface area (Å²) < 4.78 is 19.4. The molecule has 0 bridgehead atoms. The Morgan fingerprint density at radius 2 is 2.04 bits per heavy atom. The number of Topliss-reactive ketones (excluding diaryl/α,β-unsaturated/α-hetero) is 1. The molecular formula is C18H12FN3O2S2. The lowest BCUT2D eigenvalue weighted by Gasteiger charge is -2.00. The van der Waals surface area contributed by atoms with Crippen LogP contribution in [0.25, 0.3) is 11.0 Å². The molecule has 2 heterocycles. The third-order valence-corrected chi connectivity index (χ3v) is 5.48. The fourth-order valence-corrected chi connectivity index (χ4v) is 3.97. The molecule has 0 saturated heterocycles. The van der Waals surface area contributed by atoms with Crippen molar-refractivity contribution in [2.45, 2.75) is 4.34 Å². The van der Waals surface area contributed by atoms with Gasteiger partial charge in [0.05, 0.1) is 5.75 Å². The first kappa shape index (κ1) is 16.7. The molecule has 0 saturated carbocycles. The van der Waals surface area contributed by atoms with E-state index >= 15 is 0 Å². The van der Waals surface area contributed by atoms with Gasteiger partial charge in [-0.3, -0.25) is 4.79 Å². The first-order chi connectivity index (χ1) is 12.7. The molecule has 8 heteroatoms. The number of carbonyl (C=O) groups is 1. The van der Waals surface area contributed by atoms with E-state index in [0.717, 1.165) is 5.39 Å². The number of carbonyl (C=O) groups excluding carboxylic acids is 1. The fourth-order valence-electron chi connectivity index (χ4n) is 2.33. The number of nitrogens with zero attached hydrogens (tertiary/aromatic N) is 2. The fraction of sp³-hybridized carbons (Fsp3) is 0.0556. The highest BCUT2D eigenvalue weighted by Crippen LogP contribution is 2.29. The molecular weight excluding hydrogens is 373 g/mol. The molecule has 26 heavy (non-hydrogen) atoms. The monoisotopic (exact) mass is 385 g/mol. The van der Waals surface area contributed by atoms with Gasteiger partial charge in [0.2, 0.25) is 10.9 Å². The van der Waals surface area contributed by atoms with Crippen molar-refractivity contribution < 1.29 is 13.6 Å². The number of anilines is 2. The van der Waals surface area contributed by atoms with Gasteiger partial charge in [-0.2, -0.15) is 0 Å². The summed E-state index contributed by atoms with van der Waals surface area (Å²) in [6.07, 6.45) is 0. The van der Waals surface area contributed by atoms with Gasteiger partial charge in [-0.1, -0.05) is 47.4 Å². The first-order valence-corrected chi connectivity index (χ1v) is 9.48. The maximum Gasteiger partial charge on any atom is 0.210 e. The summed E-state index contributed by atoms with van der Waals surface area (Å²) in [5.41, 5.74) is 1.29. The highest BCUT2D eigenvalue weighted by atomic mass is 32.2. The van der Waals surface area contributed by atoms with Gasteiger partial charge >= 0.3 is 0 Å². The van der Waals surface area contributed by atoms with E-state index in [-0.39, 0.29) is 17.4 Å². The number of hydrogen-bond acceptors (Lipinski definition) is 7. The summed E-state index contributed by atoms with van der Waals surface area (Å²) in [7, 11) is 0. The minimum Gasteiger partial charge on any atom is -0.453 e. The van der Waals surface area contributed by atoms with Gasteiger partial charge in [0, 0.05) is 11.1 Å². The van der Waals surface area contributed by atoms with Crippen LogP contribution in [0, 0.1) is 5.82 Å². The molecule has 0 fully saturated rings. The standard InChI is InChI=1S/C18H12FN3O2S2/c19-12-5-3-6-13(9-12)20-17-21-22-18(26-17)25-10-14(23)16-8-11-4-1-2-7-15(11)24-16/h1-9H,10H2,(H,20,21). The molecule has 0 amide bonds. The Labute approximate surface area is 156 Å². The van der Waals surface area contributed by atoms with Crippen molar-refractivity contribution in [1.82, 2.24) is 10.2 Å². The number of ketones is 1. The second kappa shape index (κ2) is 7.27. The molecule has 0 aliphatic carbocycles. The zero-order chi connectivity index (χ0) is 17.9. The van der Waals surface area contributed by atoms with Gasteiger partial charge in [0.15, 0.2) is 10.1 Å². The summed E-state index contributed by atoms with van der Waals surface area (Å²) in [5.74, 6) is 0.0990. The minimum absolute atomic E-state index is 0.110. The molecule has 4 rings (SSSR count). The average Bonchev–Trinajstić information content (AvgIpc) is 3.26. The van der Waals surface area contributed by atoms with Crippen LogP contribution >= 0.6 is 23.1 Å². The zero-order valence-corrected chi connectivity index (χ0v) is 14.9.